The molecule has 2 rings (SSSR count). The molecule has 0 saturated heterocycles. The van der Waals surface area contributed by atoms with Crippen LogP contribution in [0.2, 0.25) is 0 Å². The van der Waals surface area contributed by atoms with Gasteiger partial charge in [-0.1, -0.05) is 0 Å². The largest absolute Gasteiger partial charge is 0.378 e. The van der Waals surface area contributed by atoms with Crippen molar-refractivity contribution in [1.29, 1.82) is 0 Å². The van der Waals surface area contributed by atoms with Crippen LogP contribution in [0.1, 0.15) is 38.3 Å². The standard InChI is InChI=1S/C12H22N4O/c1-3-16-11(14-15-12(16)8-13)7-9-5-10(6-9)17-4-2/h9-10H,3-8,13H2,1-2H3. The third-order valence-corrected chi connectivity index (χ3v) is 3.47. The number of rotatable bonds is 6. The zero-order valence-electron chi connectivity index (χ0n) is 10.7. The number of ether oxygens (including phenoxy) is 1. The number of aromatic nitrogens is 3. The van der Waals surface area contributed by atoms with Gasteiger partial charge in [0.05, 0.1) is 12.6 Å². The van der Waals surface area contributed by atoms with Gasteiger partial charge in [-0.15, -0.1) is 10.2 Å². The zero-order valence-corrected chi connectivity index (χ0v) is 10.7. The molecule has 1 aromatic heterocycles. The van der Waals surface area contributed by atoms with Crippen LogP contribution in [0.25, 0.3) is 0 Å². The van der Waals surface area contributed by atoms with E-state index in [9.17, 15) is 0 Å². The second-order valence-corrected chi connectivity index (χ2v) is 4.60. The summed E-state index contributed by atoms with van der Waals surface area (Å²) in [5.74, 6) is 2.67. The first-order chi connectivity index (χ1) is 8.28. The number of nitrogens with two attached hydrogens (primary N) is 1. The van der Waals surface area contributed by atoms with Crippen molar-refractivity contribution in [3.05, 3.63) is 11.6 Å². The van der Waals surface area contributed by atoms with E-state index >= 15 is 0 Å². The van der Waals surface area contributed by atoms with Gasteiger partial charge in [0.1, 0.15) is 11.6 Å². The van der Waals surface area contributed by atoms with Crippen LogP contribution in [0.3, 0.4) is 0 Å². The van der Waals surface area contributed by atoms with Crippen molar-refractivity contribution < 1.29 is 4.74 Å². The Morgan fingerprint density at radius 3 is 2.59 bits per heavy atom. The Morgan fingerprint density at radius 1 is 1.29 bits per heavy atom. The van der Waals surface area contributed by atoms with Crippen LogP contribution in [0.4, 0.5) is 0 Å². The van der Waals surface area contributed by atoms with Gasteiger partial charge in [0, 0.05) is 19.6 Å². The van der Waals surface area contributed by atoms with Crippen molar-refractivity contribution in [2.75, 3.05) is 6.61 Å². The summed E-state index contributed by atoms with van der Waals surface area (Å²) in [5.41, 5.74) is 5.64. The Labute approximate surface area is 102 Å². The maximum absolute atomic E-state index is 5.64. The topological polar surface area (TPSA) is 66.0 Å². The van der Waals surface area contributed by atoms with E-state index in [0.717, 1.165) is 44.1 Å². The summed E-state index contributed by atoms with van der Waals surface area (Å²) >= 11 is 0. The minimum absolute atomic E-state index is 0.465. The molecule has 0 bridgehead atoms. The van der Waals surface area contributed by atoms with Crippen molar-refractivity contribution in [1.82, 2.24) is 14.8 Å². The molecule has 5 heteroatoms. The first kappa shape index (κ1) is 12.5. The summed E-state index contributed by atoms with van der Waals surface area (Å²) in [6, 6.07) is 0. The van der Waals surface area contributed by atoms with Gasteiger partial charge in [0.2, 0.25) is 0 Å². The van der Waals surface area contributed by atoms with Crippen LogP contribution in [-0.2, 0) is 24.2 Å². The highest BCUT2D eigenvalue weighted by molar-refractivity contribution is 4.99. The fraction of sp³-hybridized carbons (Fsp3) is 0.833. The summed E-state index contributed by atoms with van der Waals surface area (Å²) < 4.78 is 7.70. The van der Waals surface area contributed by atoms with Gasteiger partial charge < -0.3 is 15.0 Å². The molecule has 0 aliphatic heterocycles. The fourth-order valence-corrected chi connectivity index (χ4v) is 2.51. The minimum atomic E-state index is 0.465. The lowest BCUT2D eigenvalue weighted by atomic mass is 9.80. The molecular formula is C12H22N4O. The average molecular weight is 238 g/mol. The third-order valence-electron chi connectivity index (χ3n) is 3.47. The lowest BCUT2D eigenvalue weighted by Crippen LogP contribution is -2.33. The highest BCUT2D eigenvalue weighted by atomic mass is 16.5. The Morgan fingerprint density at radius 2 is 2.00 bits per heavy atom. The Kier molecular flexibility index (Phi) is 4.12. The second-order valence-electron chi connectivity index (χ2n) is 4.60. The molecule has 1 aliphatic rings. The minimum Gasteiger partial charge on any atom is -0.378 e. The summed E-state index contributed by atoms with van der Waals surface area (Å²) in [4.78, 5) is 0. The van der Waals surface area contributed by atoms with E-state index in [1.165, 1.54) is 0 Å². The van der Waals surface area contributed by atoms with Crippen LogP contribution < -0.4 is 5.73 Å². The summed E-state index contributed by atoms with van der Waals surface area (Å²) in [6.45, 7) is 6.34. The number of hydrogen-bond donors (Lipinski definition) is 1. The molecule has 0 spiro atoms. The molecule has 0 radical (unpaired) electrons. The SMILES string of the molecule is CCOC1CC(Cc2nnc(CN)n2CC)C1. The quantitative estimate of drug-likeness (QED) is 0.806. The van der Waals surface area contributed by atoms with Gasteiger partial charge in [0.15, 0.2) is 0 Å². The third kappa shape index (κ3) is 2.66. The molecule has 0 amide bonds. The van der Waals surface area contributed by atoms with E-state index in [2.05, 4.69) is 28.6 Å². The molecule has 1 heterocycles. The first-order valence-electron chi connectivity index (χ1n) is 6.51. The lowest BCUT2D eigenvalue weighted by Gasteiger charge is -2.34. The molecule has 96 valence electrons. The van der Waals surface area contributed by atoms with Gasteiger partial charge >= 0.3 is 0 Å². The van der Waals surface area contributed by atoms with E-state index in [1.807, 2.05) is 0 Å². The predicted octanol–water partition coefficient (Wildman–Crippen LogP) is 1.11. The van der Waals surface area contributed by atoms with E-state index in [1.54, 1.807) is 0 Å². The Hall–Kier alpha value is -0.940. The highest BCUT2D eigenvalue weighted by Gasteiger charge is 2.30. The van der Waals surface area contributed by atoms with E-state index in [0.29, 0.717) is 18.6 Å². The van der Waals surface area contributed by atoms with Gasteiger partial charge in [-0.3, -0.25) is 0 Å². The monoisotopic (exact) mass is 238 g/mol. The van der Waals surface area contributed by atoms with Crippen molar-refractivity contribution in [2.24, 2.45) is 11.7 Å². The summed E-state index contributed by atoms with van der Waals surface area (Å²) in [7, 11) is 0. The average Bonchev–Trinajstić information content (AvgIpc) is 2.68. The predicted molar refractivity (Wildman–Crippen MR) is 65.4 cm³/mol. The van der Waals surface area contributed by atoms with Crippen molar-refractivity contribution in [3.63, 3.8) is 0 Å². The molecule has 1 fully saturated rings. The van der Waals surface area contributed by atoms with Gasteiger partial charge in [0.25, 0.3) is 0 Å². The van der Waals surface area contributed by atoms with Crippen LogP contribution in [0, 0.1) is 5.92 Å². The smallest absolute Gasteiger partial charge is 0.146 e. The summed E-state index contributed by atoms with van der Waals surface area (Å²) in [6.07, 6.45) is 3.78. The van der Waals surface area contributed by atoms with Gasteiger partial charge in [-0.2, -0.15) is 0 Å². The molecule has 0 atom stereocenters. The highest BCUT2D eigenvalue weighted by Crippen LogP contribution is 2.32. The van der Waals surface area contributed by atoms with Crippen molar-refractivity contribution >= 4 is 0 Å². The molecule has 1 saturated carbocycles. The lowest BCUT2D eigenvalue weighted by molar-refractivity contribution is -0.0247. The summed E-state index contributed by atoms with van der Waals surface area (Å²) in [5, 5.41) is 8.37. The van der Waals surface area contributed by atoms with Gasteiger partial charge in [-0.05, 0) is 32.6 Å². The van der Waals surface area contributed by atoms with Crippen LogP contribution in [0.5, 0.6) is 0 Å². The van der Waals surface area contributed by atoms with Gasteiger partial charge in [-0.25, -0.2) is 0 Å². The number of hydrogen-bond acceptors (Lipinski definition) is 4. The zero-order chi connectivity index (χ0) is 12.3. The molecule has 1 aliphatic carbocycles. The Balaban J connectivity index is 1.90. The van der Waals surface area contributed by atoms with Crippen LogP contribution >= 0.6 is 0 Å². The van der Waals surface area contributed by atoms with Crippen molar-refractivity contribution in [3.8, 4) is 0 Å². The molecule has 2 N–H and O–H groups in total. The first-order valence-corrected chi connectivity index (χ1v) is 6.51. The van der Waals surface area contributed by atoms with Crippen LogP contribution in [0.15, 0.2) is 0 Å². The van der Waals surface area contributed by atoms with Crippen molar-refractivity contribution in [2.45, 2.75) is 52.3 Å². The van der Waals surface area contributed by atoms with E-state index in [-0.39, 0.29) is 0 Å². The normalized spacial score (nSPS) is 23.7. The van der Waals surface area contributed by atoms with E-state index in [4.69, 9.17) is 10.5 Å². The molecule has 0 unspecified atom stereocenters. The molecule has 5 nitrogen and oxygen atoms in total. The molecule has 1 aromatic rings. The fourth-order valence-electron chi connectivity index (χ4n) is 2.51. The maximum atomic E-state index is 5.64. The van der Waals surface area contributed by atoms with Crippen LogP contribution in [-0.4, -0.2) is 27.5 Å². The second kappa shape index (κ2) is 5.60. The molecule has 17 heavy (non-hydrogen) atoms. The molecular weight excluding hydrogens is 216 g/mol. The maximum Gasteiger partial charge on any atom is 0.146 e. The molecule has 0 aromatic carbocycles. The number of nitrogens with zero attached hydrogens (tertiary/aromatic N) is 3. The Bertz CT molecular complexity index is 357. The van der Waals surface area contributed by atoms with E-state index < -0.39 is 0 Å².